The van der Waals surface area contributed by atoms with Crippen molar-refractivity contribution in [3.8, 4) is 0 Å². The van der Waals surface area contributed by atoms with Crippen LogP contribution in [0.3, 0.4) is 0 Å². The molecule has 1 heterocycles. The Morgan fingerprint density at radius 1 is 1.70 bits per heavy atom. The van der Waals surface area contributed by atoms with Crippen molar-refractivity contribution in [1.82, 2.24) is 5.32 Å². The largest absolute Gasteiger partial charge is 0.394 e. The highest BCUT2D eigenvalue weighted by Crippen LogP contribution is 2.54. The van der Waals surface area contributed by atoms with Gasteiger partial charge in [0.1, 0.15) is 0 Å². The molecule has 56 valence electrons. The Labute approximate surface area is 59.4 Å². The fourth-order valence-electron chi connectivity index (χ4n) is 1.77. The van der Waals surface area contributed by atoms with Gasteiger partial charge in [0.2, 0.25) is 5.91 Å². The second-order valence-electron chi connectivity index (χ2n) is 3.34. The molecule has 2 rings (SSSR count). The van der Waals surface area contributed by atoms with Crippen molar-refractivity contribution in [2.24, 2.45) is 5.41 Å². The first-order chi connectivity index (χ1) is 4.77. The Morgan fingerprint density at radius 3 is 2.80 bits per heavy atom. The second-order valence-corrected chi connectivity index (χ2v) is 3.34. The molecule has 0 bridgehead atoms. The van der Waals surface area contributed by atoms with Crippen molar-refractivity contribution in [2.45, 2.75) is 25.3 Å². The minimum Gasteiger partial charge on any atom is -0.394 e. The van der Waals surface area contributed by atoms with E-state index in [1.165, 1.54) is 0 Å². The molecule has 0 unspecified atom stereocenters. The lowest BCUT2D eigenvalue weighted by molar-refractivity contribution is -0.119. The van der Waals surface area contributed by atoms with Crippen molar-refractivity contribution >= 4 is 5.91 Å². The Balaban J connectivity index is 2.13. The monoisotopic (exact) mass is 141 g/mol. The van der Waals surface area contributed by atoms with Gasteiger partial charge in [-0.05, 0) is 12.8 Å². The number of carbonyl (C=O) groups is 1. The third-order valence-electron chi connectivity index (χ3n) is 2.66. The van der Waals surface area contributed by atoms with Crippen LogP contribution in [0.4, 0.5) is 0 Å². The predicted octanol–water partition coefficient (Wildman–Crippen LogP) is -0.353. The van der Waals surface area contributed by atoms with Crippen molar-refractivity contribution in [3.05, 3.63) is 0 Å². The van der Waals surface area contributed by atoms with Gasteiger partial charge in [-0.2, -0.15) is 0 Å². The first kappa shape index (κ1) is 6.16. The van der Waals surface area contributed by atoms with Crippen LogP contribution >= 0.6 is 0 Å². The van der Waals surface area contributed by atoms with Crippen LogP contribution in [0.5, 0.6) is 0 Å². The van der Waals surface area contributed by atoms with Gasteiger partial charge in [-0.25, -0.2) is 0 Å². The molecule has 1 spiro atoms. The zero-order valence-electron chi connectivity index (χ0n) is 5.76. The SMILES string of the molecule is O=C1CC2(CC2)[C@@H](CO)N1. The Bertz CT molecular complexity index is 174. The molecule has 2 fully saturated rings. The van der Waals surface area contributed by atoms with E-state index in [2.05, 4.69) is 5.32 Å². The van der Waals surface area contributed by atoms with E-state index in [1.807, 2.05) is 0 Å². The van der Waals surface area contributed by atoms with Gasteiger partial charge in [0.05, 0.1) is 12.6 Å². The highest BCUT2D eigenvalue weighted by Gasteiger charge is 2.54. The Kier molecular flexibility index (Phi) is 1.06. The number of amides is 1. The first-order valence-electron chi connectivity index (χ1n) is 3.67. The van der Waals surface area contributed by atoms with E-state index in [0.717, 1.165) is 12.8 Å². The normalized spacial score (nSPS) is 34.5. The van der Waals surface area contributed by atoms with Gasteiger partial charge in [0.25, 0.3) is 0 Å². The second kappa shape index (κ2) is 1.72. The van der Waals surface area contributed by atoms with E-state index in [9.17, 15) is 4.79 Å². The van der Waals surface area contributed by atoms with Gasteiger partial charge in [-0.15, -0.1) is 0 Å². The lowest BCUT2D eigenvalue weighted by atomic mass is 9.98. The number of aliphatic hydroxyl groups is 1. The molecule has 1 aliphatic carbocycles. The van der Waals surface area contributed by atoms with Gasteiger partial charge in [0.15, 0.2) is 0 Å². The van der Waals surface area contributed by atoms with Crippen molar-refractivity contribution in [2.75, 3.05) is 6.61 Å². The Morgan fingerprint density at radius 2 is 2.40 bits per heavy atom. The molecule has 1 amide bonds. The summed E-state index contributed by atoms with van der Waals surface area (Å²) in [5, 5.41) is 11.6. The summed E-state index contributed by atoms with van der Waals surface area (Å²) < 4.78 is 0. The molecule has 0 aromatic heterocycles. The van der Waals surface area contributed by atoms with Crippen LogP contribution in [0.2, 0.25) is 0 Å². The van der Waals surface area contributed by atoms with E-state index in [4.69, 9.17) is 5.11 Å². The van der Waals surface area contributed by atoms with Crippen LogP contribution in [0.15, 0.2) is 0 Å². The summed E-state index contributed by atoms with van der Waals surface area (Å²) >= 11 is 0. The number of hydrogen-bond acceptors (Lipinski definition) is 2. The number of carbonyl (C=O) groups excluding carboxylic acids is 1. The van der Waals surface area contributed by atoms with Gasteiger partial charge >= 0.3 is 0 Å². The summed E-state index contributed by atoms with van der Waals surface area (Å²) in [7, 11) is 0. The number of hydrogen-bond donors (Lipinski definition) is 2. The molecule has 0 aromatic carbocycles. The Hall–Kier alpha value is -0.570. The van der Waals surface area contributed by atoms with Crippen LogP contribution < -0.4 is 5.32 Å². The van der Waals surface area contributed by atoms with Gasteiger partial charge in [-0.3, -0.25) is 4.79 Å². The summed E-state index contributed by atoms with van der Waals surface area (Å²) in [6, 6.07) is 0.0556. The molecule has 3 nitrogen and oxygen atoms in total. The van der Waals surface area contributed by atoms with Crippen LogP contribution in [0.1, 0.15) is 19.3 Å². The van der Waals surface area contributed by atoms with Gasteiger partial charge < -0.3 is 10.4 Å². The molecule has 0 aromatic rings. The summed E-state index contributed by atoms with van der Waals surface area (Å²) in [5.74, 6) is 0.108. The van der Waals surface area contributed by atoms with Crippen molar-refractivity contribution in [1.29, 1.82) is 0 Å². The molecule has 1 aliphatic heterocycles. The maximum atomic E-state index is 10.8. The number of nitrogens with one attached hydrogen (secondary N) is 1. The highest BCUT2D eigenvalue weighted by atomic mass is 16.3. The van der Waals surface area contributed by atoms with E-state index in [1.54, 1.807) is 0 Å². The van der Waals surface area contributed by atoms with Gasteiger partial charge in [-0.1, -0.05) is 0 Å². The van der Waals surface area contributed by atoms with E-state index in [-0.39, 0.29) is 24.0 Å². The summed E-state index contributed by atoms with van der Waals surface area (Å²) in [4.78, 5) is 10.8. The third kappa shape index (κ3) is 0.669. The van der Waals surface area contributed by atoms with Crippen LogP contribution in [0, 0.1) is 5.41 Å². The topological polar surface area (TPSA) is 49.3 Å². The van der Waals surface area contributed by atoms with Gasteiger partial charge in [0, 0.05) is 11.8 Å². The van der Waals surface area contributed by atoms with Crippen molar-refractivity contribution < 1.29 is 9.90 Å². The zero-order valence-corrected chi connectivity index (χ0v) is 5.76. The molecule has 1 saturated carbocycles. The maximum Gasteiger partial charge on any atom is 0.220 e. The zero-order chi connectivity index (χ0) is 7.19. The number of aliphatic hydroxyl groups excluding tert-OH is 1. The molecule has 2 N–H and O–H groups in total. The number of rotatable bonds is 1. The minimum atomic E-state index is 0.0556. The van der Waals surface area contributed by atoms with E-state index < -0.39 is 0 Å². The van der Waals surface area contributed by atoms with Crippen LogP contribution in [0.25, 0.3) is 0 Å². The first-order valence-corrected chi connectivity index (χ1v) is 3.67. The van der Waals surface area contributed by atoms with Crippen LogP contribution in [-0.4, -0.2) is 23.7 Å². The molecule has 10 heavy (non-hydrogen) atoms. The lowest BCUT2D eigenvalue weighted by Gasteiger charge is -2.12. The summed E-state index contributed by atoms with van der Waals surface area (Å²) in [6.45, 7) is 0.103. The average Bonchev–Trinajstić information content (AvgIpc) is 2.55. The average molecular weight is 141 g/mol. The van der Waals surface area contributed by atoms with E-state index >= 15 is 0 Å². The fourth-order valence-corrected chi connectivity index (χ4v) is 1.77. The van der Waals surface area contributed by atoms with Crippen molar-refractivity contribution in [3.63, 3.8) is 0 Å². The molecular formula is C7H11NO2. The maximum absolute atomic E-state index is 10.8. The third-order valence-corrected chi connectivity index (χ3v) is 2.66. The predicted molar refractivity (Wildman–Crippen MR) is 35.3 cm³/mol. The smallest absolute Gasteiger partial charge is 0.220 e. The highest BCUT2D eigenvalue weighted by molar-refractivity contribution is 5.80. The summed E-state index contributed by atoms with van der Waals surface area (Å²) in [6.07, 6.45) is 2.85. The molecule has 1 saturated heterocycles. The molecule has 2 aliphatic rings. The quantitative estimate of drug-likeness (QED) is 0.524. The molecule has 0 radical (unpaired) electrons. The minimum absolute atomic E-state index is 0.0556. The standard InChI is InChI=1S/C7H11NO2/c9-4-5-7(1-2-7)3-6(10)8-5/h5,9H,1-4H2,(H,8,10)/t5-/m1/s1. The molecule has 3 heteroatoms. The lowest BCUT2D eigenvalue weighted by Crippen LogP contribution is -2.33. The molecular weight excluding hydrogens is 130 g/mol. The summed E-state index contributed by atoms with van der Waals surface area (Å²) in [5.41, 5.74) is 0.172. The fraction of sp³-hybridized carbons (Fsp3) is 0.857. The molecule has 1 atom stereocenters. The van der Waals surface area contributed by atoms with Crippen LogP contribution in [-0.2, 0) is 4.79 Å². The van der Waals surface area contributed by atoms with E-state index in [0.29, 0.717) is 6.42 Å².